The summed E-state index contributed by atoms with van der Waals surface area (Å²) < 4.78 is 0. The zero-order valence-corrected chi connectivity index (χ0v) is 10.4. The number of nitrogens with zero attached hydrogens (tertiary/aromatic N) is 2. The first-order valence-corrected chi connectivity index (χ1v) is 6.00. The second-order valence-electron chi connectivity index (χ2n) is 4.72. The SMILES string of the molecule is CC(CN1CCN(C(C)CN)CC1)C(N)=O. The van der Waals surface area contributed by atoms with Crippen molar-refractivity contribution in [1.29, 1.82) is 0 Å². The number of amides is 1. The number of hydrogen-bond donors (Lipinski definition) is 2. The smallest absolute Gasteiger partial charge is 0.221 e. The van der Waals surface area contributed by atoms with E-state index in [9.17, 15) is 4.79 Å². The lowest BCUT2D eigenvalue weighted by molar-refractivity contribution is -0.122. The van der Waals surface area contributed by atoms with Crippen LogP contribution in [0.2, 0.25) is 0 Å². The van der Waals surface area contributed by atoms with Gasteiger partial charge in [-0.3, -0.25) is 9.69 Å². The van der Waals surface area contributed by atoms with Crippen molar-refractivity contribution < 1.29 is 4.79 Å². The Morgan fingerprint density at radius 1 is 1.25 bits per heavy atom. The molecule has 0 aromatic carbocycles. The number of primary amides is 1. The molecule has 0 spiro atoms. The third-order valence-corrected chi connectivity index (χ3v) is 3.39. The van der Waals surface area contributed by atoms with E-state index in [2.05, 4.69) is 16.7 Å². The van der Waals surface area contributed by atoms with Crippen LogP contribution >= 0.6 is 0 Å². The van der Waals surface area contributed by atoms with Crippen LogP contribution in [0.1, 0.15) is 13.8 Å². The molecule has 0 radical (unpaired) electrons. The number of nitrogens with two attached hydrogens (primary N) is 2. The topological polar surface area (TPSA) is 75.6 Å². The normalized spacial score (nSPS) is 22.9. The fraction of sp³-hybridized carbons (Fsp3) is 0.909. The number of hydrogen-bond acceptors (Lipinski definition) is 4. The molecule has 1 aliphatic heterocycles. The van der Waals surface area contributed by atoms with E-state index in [0.29, 0.717) is 12.6 Å². The highest BCUT2D eigenvalue weighted by Gasteiger charge is 2.22. The summed E-state index contributed by atoms with van der Waals surface area (Å²) in [6, 6.07) is 0.454. The van der Waals surface area contributed by atoms with Crippen LogP contribution in [-0.2, 0) is 4.79 Å². The van der Waals surface area contributed by atoms with Crippen LogP contribution in [-0.4, -0.2) is 61.0 Å². The lowest BCUT2D eigenvalue weighted by Crippen LogP contribution is -2.52. The van der Waals surface area contributed by atoms with Crippen LogP contribution in [0.15, 0.2) is 0 Å². The molecular weight excluding hydrogens is 204 g/mol. The Kier molecular flexibility index (Phi) is 5.18. The minimum atomic E-state index is -0.210. The highest BCUT2D eigenvalue weighted by Crippen LogP contribution is 2.07. The van der Waals surface area contributed by atoms with Gasteiger partial charge in [-0.1, -0.05) is 6.92 Å². The summed E-state index contributed by atoms with van der Waals surface area (Å²) in [5.74, 6) is -0.267. The van der Waals surface area contributed by atoms with E-state index in [1.54, 1.807) is 0 Å². The van der Waals surface area contributed by atoms with Gasteiger partial charge in [-0.2, -0.15) is 0 Å². The summed E-state index contributed by atoms with van der Waals surface area (Å²) in [6.07, 6.45) is 0. The Balaban J connectivity index is 2.29. The van der Waals surface area contributed by atoms with E-state index in [1.807, 2.05) is 6.92 Å². The van der Waals surface area contributed by atoms with Crippen LogP contribution in [0.3, 0.4) is 0 Å². The molecule has 1 amide bonds. The van der Waals surface area contributed by atoms with Crippen molar-refractivity contribution in [3.8, 4) is 0 Å². The van der Waals surface area contributed by atoms with Crippen LogP contribution in [0.5, 0.6) is 0 Å². The Labute approximate surface area is 97.7 Å². The van der Waals surface area contributed by atoms with Gasteiger partial charge < -0.3 is 16.4 Å². The third-order valence-electron chi connectivity index (χ3n) is 3.39. The number of carbonyl (C=O) groups excluding carboxylic acids is 1. The Morgan fingerprint density at radius 3 is 2.25 bits per heavy atom. The maximum Gasteiger partial charge on any atom is 0.221 e. The van der Waals surface area contributed by atoms with Crippen molar-refractivity contribution in [2.45, 2.75) is 19.9 Å². The van der Waals surface area contributed by atoms with Gasteiger partial charge in [0.25, 0.3) is 0 Å². The first kappa shape index (κ1) is 13.4. The van der Waals surface area contributed by atoms with E-state index in [4.69, 9.17) is 11.5 Å². The molecular formula is C11H24N4O. The molecule has 1 saturated heterocycles. The first-order valence-electron chi connectivity index (χ1n) is 6.00. The van der Waals surface area contributed by atoms with Gasteiger partial charge in [0.15, 0.2) is 0 Å². The molecule has 16 heavy (non-hydrogen) atoms. The summed E-state index contributed by atoms with van der Waals surface area (Å²) in [6.45, 7) is 9.59. The van der Waals surface area contributed by atoms with Crippen molar-refractivity contribution in [2.75, 3.05) is 39.3 Å². The van der Waals surface area contributed by atoms with Crippen LogP contribution in [0.4, 0.5) is 0 Å². The van der Waals surface area contributed by atoms with Gasteiger partial charge in [-0.25, -0.2) is 0 Å². The van der Waals surface area contributed by atoms with E-state index in [-0.39, 0.29) is 11.8 Å². The predicted octanol–water partition coefficient (Wildman–Crippen LogP) is -0.927. The summed E-state index contributed by atoms with van der Waals surface area (Å²) in [4.78, 5) is 15.7. The molecule has 0 bridgehead atoms. The molecule has 2 unspecified atom stereocenters. The summed E-state index contributed by atoms with van der Waals surface area (Å²) >= 11 is 0. The summed E-state index contributed by atoms with van der Waals surface area (Å²) in [5, 5.41) is 0. The predicted molar refractivity (Wildman–Crippen MR) is 64.9 cm³/mol. The highest BCUT2D eigenvalue weighted by atomic mass is 16.1. The molecule has 0 saturated carbocycles. The zero-order valence-electron chi connectivity index (χ0n) is 10.4. The maximum absolute atomic E-state index is 11.0. The molecule has 4 N–H and O–H groups in total. The van der Waals surface area contributed by atoms with Gasteiger partial charge in [0.1, 0.15) is 0 Å². The van der Waals surface area contributed by atoms with Crippen LogP contribution < -0.4 is 11.5 Å². The van der Waals surface area contributed by atoms with Crippen molar-refractivity contribution in [3.63, 3.8) is 0 Å². The van der Waals surface area contributed by atoms with Gasteiger partial charge in [0.2, 0.25) is 5.91 Å². The van der Waals surface area contributed by atoms with Gasteiger partial charge >= 0.3 is 0 Å². The van der Waals surface area contributed by atoms with Gasteiger partial charge in [-0.15, -0.1) is 0 Å². The van der Waals surface area contributed by atoms with Gasteiger partial charge in [-0.05, 0) is 6.92 Å². The molecule has 1 aliphatic rings. The standard InChI is InChI=1S/C11H24N4O/c1-9(11(13)16)8-14-3-5-15(6-4-14)10(2)7-12/h9-10H,3-8,12H2,1-2H3,(H2,13,16). The zero-order chi connectivity index (χ0) is 12.1. The second kappa shape index (κ2) is 6.18. The minimum Gasteiger partial charge on any atom is -0.369 e. The van der Waals surface area contributed by atoms with Crippen molar-refractivity contribution in [3.05, 3.63) is 0 Å². The molecule has 5 heteroatoms. The average Bonchev–Trinajstić information content (AvgIpc) is 2.28. The highest BCUT2D eigenvalue weighted by molar-refractivity contribution is 5.76. The van der Waals surface area contributed by atoms with Gasteiger partial charge in [0.05, 0.1) is 0 Å². The van der Waals surface area contributed by atoms with E-state index >= 15 is 0 Å². The molecule has 5 nitrogen and oxygen atoms in total. The van der Waals surface area contributed by atoms with Gasteiger partial charge in [0, 0.05) is 51.2 Å². The Morgan fingerprint density at radius 2 is 1.81 bits per heavy atom. The monoisotopic (exact) mass is 228 g/mol. The fourth-order valence-electron chi connectivity index (χ4n) is 2.01. The maximum atomic E-state index is 11.0. The van der Waals surface area contributed by atoms with Crippen LogP contribution in [0.25, 0.3) is 0 Å². The molecule has 1 fully saturated rings. The molecule has 2 atom stereocenters. The Bertz CT molecular complexity index is 226. The number of carbonyl (C=O) groups is 1. The summed E-state index contributed by atoms with van der Waals surface area (Å²) in [5.41, 5.74) is 10.9. The molecule has 1 rings (SSSR count). The van der Waals surface area contributed by atoms with E-state index < -0.39 is 0 Å². The molecule has 1 heterocycles. The molecule has 0 aliphatic carbocycles. The molecule has 0 aromatic rings. The third kappa shape index (κ3) is 3.73. The lowest BCUT2D eigenvalue weighted by atomic mass is 10.1. The van der Waals surface area contributed by atoms with Crippen LogP contribution in [0, 0.1) is 5.92 Å². The number of rotatable bonds is 5. The molecule has 94 valence electrons. The number of piperazine rings is 1. The van der Waals surface area contributed by atoms with Crippen molar-refractivity contribution >= 4 is 5.91 Å². The lowest BCUT2D eigenvalue weighted by Gasteiger charge is -2.38. The van der Waals surface area contributed by atoms with E-state index in [1.165, 1.54) is 0 Å². The molecule has 0 aromatic heterocycles. The first-order chi connectivity index (χ1) is 7.54. The average molecular weight is 228 g/mol. The minimum absolute atomic E-state index is 0.0570. The Hall–Kier alpha value is -0.650. The quantitative estimate of drug-likeness (QED) is 0.637. The van der Waals surface area contributed by atoms with E-state index in [0.717, 1.165) is 32.7 Å². The summed E-state index contributed by atoms with van der Waals surface area (Å²) in [7, 11) is 0. The second-order valence-corrected chi connectivity index (χ2v) is 4.72. The van der Waals surface area contributed by atoms with Crippen molar-refractivity contribution in [1.82, 2.24) is 9.80 Å². The fourth-order valence-corrected chi connectivity index (χ4v) is 2.01. The largest absolute Gasteiger partial charge is 0.369 e. The van der Waals surface area contributed by atoms with Crippen molar-refractivity contribution in [2.24, 2.45) is 17.4 Å².